The van der Waals surface area contributed by atoms with Crippen molar-refractivity contribution in [2.24, 2.45) is 5.73 Å². The van der Waals surface area contributed by atoms with E-state index in [1.807, 2.05) is 18.2 Å². The fraction of sp³-hybridized carbons (Fsp3) is 0.417. The molecule has 0 aliphatic carbocycles. The third-order valence-electron chi connectivity index (χ3n) is 2.82. The topological polar surface area (TPSA) is 78.2 Å². The van der Waals surface area contributed by atoms with Gasteiger partial charge in [-0.3, -0.25) is 0 Å². The molecule has 0 unspecified atom stereocenters. The van der Waals surface area contributed by atoms with Crippen molar-refractivity contribution < 1.29 is 5.11 Å². The maximum absolute atomic E-state index is 9.01. The van der Waals surface area contributed by atoms with Gasteiger partial charge in [-0.1, -0.05) is 0 Å². The fourth-order valence-corrected chi connectivity index (χ4v) is 1.93. The molecule has 0 atom stereocenters. The predicted octanol–water partition coefficient (Wildman–Crippen LogP) is 0.840. The normalized spacial score (nSPS) is 11.0. The molecule has 5 nitrogen and oxygen atoms in total. The average molecular weight is 234 g/mol. The van der Waals surface area contributed by atoms with Gasteiger partial charge in [-0.05, 0) is 25.1 Å². The van der Waals surface area contributed by atoms with Gasteiger partial charge in [-0.15, -0.1) is 0 Å². The Morgan fingerprint density at radius 3 is 2.94 bits per heavy atom. The molecule has 0 saturated carbocycles. The molecular weight excluding hydrogens is 216 g/mol. The highest BCUT2D eigenvalue weighted by Gasteiger charge is 2.06. The number of nitrogens with two attached hydrogens (primary N) is 1. The van der Waals surface area contributed by atoms with Gasteiger partial charge in [-0.2, -0.15) is 0 Å². The summed E-state index contributed by atoms with van der Waals surface area (Å²) in [7, 11) is 0. The number of imidazole rings is 1. The lowest BCUT2D eigenvalue weighted by Crippen LogP contribution is -2.25. The Hall–Kier alpha value is -1.59. The smallest absolute Gasteiger partial charge is 0.121 e. The minimum Gasteiger partial charge on any atom is -0.395 e. The van der Waals surface area contributed by atoms with Crippen LogP contribution in [0.3, 0.4) is 0 Å². The Morgan fingerprint density at radius 2 is 2.29 bits per heavy atom. The van der Waals surface area contributed by atoms with Crippen molar-refractivity contribution in [2.45, 2.75) is 13.5 Å². The molecule has 1 heterocycles. The largest absolute Gasteiger partial charge is 0.395 e. The molecule has 1 aromatic carbocycles. The van der Waals surface area contributed by atoms with Gasteiger partial charge in [0.25, 0.3) is 0 Å². The standard InChI is InChI=1S/C12H18N4O/c1-2-16(5-6-17)9-3-4-10-11(7-9)15-12(8-13)14-10/h3-4,7,17H,2,5-6,8,13H2,1H3,(H,14,15). The summed E-state index contributed by atoms with van der Waals surface area (Å²) in [4.78, 5) is 9.65. The summed E-state index contributed by atoms with van der Waals surface area (Å²) < 4.78 is 0. The van der Waals surface area contributed by atoms with Crippen molar-refractivity contribution in [3.63, 3.8) is 0 Å². The van der Waals surface area contributed by atoms with Gasteiger partial charge in [0, 0.05) is 18.8 Å². The number of likely N-dealkylation sites (N-methyl/N-ethyl adjacent to an activating group) is 1. The number of aliphatic hydroxyl groups excluding tert-OH is 1. The van der Waals surface area contributed by atoms with Gasteiger partial charge >= 0.3 is 0 Å². The second-order valence-corrected chi connectivity index (χ2v) is 3.89. The summed E-state index contributed by atoms with van der Waals surface area (Å²) in [5, 5.41) is 9.01. The van der Waals surface area contributed by atoms with E-state index in [1.165, 1.54) is 0 Å². The molecule has 0 aliphatic heterocycles. The number of hydrogen-bond donors (Lipinski definition) is 3. The van der Waals surface area contributed by atoms with E-state index < -0.39 is 0 Å². The molecule has 17 heavy (non-hydrogen) atoms. The van der Waals surface area contributed by atoms with Gasteiger partial charge in [0.1, 0.15) is 5.82 Å². The molecule has 0 aliphatic rings. The molecule has 2 rings (SSSR count). The van der Waals surface area contributed by atoms with Crippen LogP contribution in [0.25, 0.3) is 11.0 Å². The van der Waals surface area contributed by atoms with Crippen molar-refractivity contribution in [3.8, 4) is 0 Å². The van der Waals surface area contributed by atoms with Crippen molar-refractivity contribution in [1.82, 2.24) is 9.97 Å². The number of aromatic nitrogens is 2. The second-order valence-electron chi connectivity index (χ2n) is 3.89. The SMILES string of the molecule is CCN(CCO)c1ccc2nc(CN)[nH]c2c1. The lowest BCUT2D eigenvalue weighted by atomic mass is 10.2. The molecule has 0 bridgehead atoms. The van der Waals surface area contributed by atoms with Crippen LogP contribution in [0.15, 0.2) is 18.2 Å². The molecule has 4 N–H and O–H groups in total. The molecule has 0 spiro atoms. The van der Waals surface area contributed by atoms with Crippen LogP contribution in [0.4, 0.5) is 5.69 Å². The van der Waals surface area contributed by atoms with E-state index in [9.17, 15) is 0 Å². The molecule has 0 amide bonds. The number of rotatable bonds is 5. The highest BCUT2D eigenvalue weighted by Crippen LogP contribution is 2.20. The van der Waals surface area contributed by atoms with E-state index >= 15 is 0 Å². The van der Waals surface area contributed by atoms with Crippen LogP contribution in [0.1, 0.15) is 12.7 Å². The van der Waals surface area contributed by atoms with Crippen molar-refractivity contribution in [1.29, 1.82) is 0 Å². The monoisotopic (exact) mass is 234 g/mol. The van der Waals surface area contributed by atoms with Crippen molar-refractivity contribution >= 4 is 16.7 Å². The lowest BCUT2D eigenvalue weighted by molar-refractivity contribution is 0.302. The van der Waals surface area contributed by atoms with E-state index in [2.05, 4.69) is 21.8 Å². The molecule has 0 radical (unpaired) electrons. The quantitative estimate of drug-likeness (QED) is 0.716. The molecular formula is C12H18N4O. The summed E-state index contributed by atoms with van der Waals surface area (Å²) in [5.74, 6) is 0.794. The zero-order valence-electron chi connectivity index (χ0n) is 9.98. The maximum Gasteiger partial charge on any atom is 0.121 e. The zero-order valence-corrected chi connectivity index (χ0v) is 9.98. The first-order valence-electron chi connectivity index (χ1n) is 5.83. The van der Waals surface area contributed by atoms with E-state index in [0.29, 0.717) is 13.1 Å². The number of nitrogens with one attached hydrogen (secondary N) is 1. The number of anilines is 1. The van der Waals surface area contributed by atoms with E-state index in [1.54, 1.807) is 0 Å². The Balaban J connectivity index is 2.35. The number of aromatic amines is 1. The Labute approximate surface area is 100 Å². The van der Waals surface area contributed by atoms with Gasteiger partial charge in [0.15, 0.2) is 0 Å². The van der Waals surface area contributed by atoms with Gasteiger partial charge in [-0.25, -0.2) is 4.98 Å². The summed E-state index contributed by atoms with van der Waals surface area (Å²) in [6.45, 7) is 4.14. The summed E-state index contributed by atoms with van der Waals surface area (Å²) in [6, 6.07) is 6.03. The lowest BCUT2D eigenvalue weighted by Gasteiger charge is -2.21. The minimum atomic E-state index is 0.156. The van der Waals surface area contributed by atoms with Crippen LogP contribution in [0, 0.1) is 0 Å². The number of nitrogens with zero attached hydrogens (tertiary/aromatic N) is 2. The number of aliphatic hydroxyl groups is 1. The number of hydrogen-bond acceptors (Lipinski definition) is 4. The van der Waals surface area contributed by atoms with Crippen LogP contribution in [0.2, 0.25) is 0 Å². The highest BCUT2D eigenvalue weighted by molar-refractivity contribution is 5.79. The van der Waals surface area contributed by atoms with Crippen molar-refractivity contribution in [2.75, 3.05) is 24.6 Å². The first-order valence-corrected chi connectivity index (χ1v) is 5.83. The van der Waals surface area contributed by atoms with E-state index in [4.69, 9.17) is 10.8 Å². The van der Waals surface area contributed by atoms with Crippen LogP contribution in [-0.2, 0) is 6.54 Å². The molecule has 2 aromatic rings. The highest BCUT2D eigenvalue weighted by atomic mass is 16.3. The van der Waals surface area contributed by atoms with Gasteiger partial charge in [0.2, 0.25) is 0 Å². The van der Waals surface area contributed by atoms with Crippen molar-refractivity contribution in [3.05, 3.63) is 24.0 Å². The first-order chi connectivity index (χ1) is 8.28. The van der Waals surface area contributed by atoms with Crippen LogP contribution < -0.4 is 10.6 Å². The van der Waals surface area contributed by atoms with Crippen LogP contribution in [-0.4, -0.2) is 34.8 Å². The number of H-pyrrole nitrogens is 1. The molecule has 92 valence electrons. The van der Waals surface area contributed by atoms with Gasteiger partial charge in [0.05, 0.1) is 24.2 Å². The van der Waals surface area contributed by atoms with Crippen LogP contribution in [0.5, 0.6) is 0 Å². The average Bonchev–Trinajstić information content (AvgIpc) is 2.77. The summed E-state index contributed by atoms with van der Waals surface area (Å²) in [5.41, 5.74) is 8.54. The molecule has 0 fully saturated rings. The summed E-state index contributed by atoms with van der Waals surface area (Å²) >= 11 is 0. The first kappa shape index (κ1) is 11.9. The van der Waals surface area contributed by atoms with Gasteiger partial charge < -0.3 is 20.7 Å². The molecule has 0 saturated heterocycles. The third-order valence-corrected chi connectivity index (χ3v) is 2.82. The second kappa shape index (κ2) is 5.16. The zero-order chi connectivity index (χ0) is 12.3. The molecule has 1 aromatic heterocycles. The van der Waals surface area contributed by atoms with Crippen LogP contribution >= 0.6 is 0 Å². The minimum absolute atomic E-state index is 0.156. The third kappa shape index (κ3) is 2.40. The van der Waals surface area contributed by atoms with E-state index in [-0.39, 0.29) is 6.61 Å². The molecule has 5 heteroatoms. The van der Waals surface area contributed by atoms with E-state index in [0.717, 1.165) is 29.1 Å². The maximum atomic E-state index is 9.01. The predicted molar refractivity (Wildman–Crippen MR) is 69.0 cm³/mol. The fourth-order valence-electron chi connectivity index (χ4n) is 1.93. The Kier molecular flexibility index (Phi) is 3.61. The number of benzene rings is 1. The summed E-state index contributed by atoms with van der Waals surface area (Å²) in [6.07, 6.45) is 0. The number of fused-ring (bicyclic) bond motifs is 1. The Bertz CT molecular complexity index is 494. The Morgan fingerprint density at radius 1 is 1.47 bits per heavy atom.